The van der Waals surface area contributed by atoms with Crippen LogP contribution in [-0.4, -0.2) is 12.1 Å². The second-order valence-corrected chi connectivity index (χ2v) is 5.28. The van der Waals surface area contributed by atoms with Gasteiger partial charge in [-0.05, 0) is 55.9 Å². The summed E-state index contributed by atoms with van der Waals surface area (Å²) in [7, 11) is 0. The largest absolute Gasteiger partial charge is 0.458 e. The number of rotatable bonds is 2. The van der Waals surface area contributed by atoms with Crippen LogP contribution in [0.5, 0.6) is 0 Å². The molecule has 2 rings (SSSR count). The topological polar surface area (TPSA) is 52.3 Å². The predicted octanol–water partition coefficient (Wildman–Crippen LogP) is 3.31. The van der Waals surface area contributed by atoms with E-state index in [1.165, 1.54) is 6.42 Å². The first-order chi connectivity index (χ1) is 8.58. The van der Waals surface area contributed by atoms with Gasteiger partial charge in [-0.3, -0.25) is 0 Å². The summed E-state index contributed by atoms with van der Waals surface area (Å²) in [6.45, 7) is 4.05. The van der Waals surface area contributed by atoms with Gasteiger partial charge in [0, 0.05) is 5.69 Å². The van der Waals surface area contributed by atoms with E-state index in [1.807, 2.05) is 6.92 Å². The number of hydrogen-bond donors (Lipinski definition) is 1. The van der Waals surface area contributed by atoms with Crippen LogP contribution in [0.15, 0.2) is 18.2 Å². The molecular formula is C15H21NO2. The number of hydrogen-bond acceptors (Lipinski definition) is 3. The highest BCUT2D eigenvalue weighted by Crippen LogP contribution is 2.27. The maximum Gasteiger partial charge on any atom is 0.338 e. The van der Waals surface area contributed by atoms with Gasteiger partial charge in [0.15, 0.2) is 0 Å². The number of aryl methyl sites for hydroxylation is 1. The van der Waals surface area contributed by atoms with Crippen molar-refractivity contribution in [3.8, 4) is 0 Å². The van der Waals surface area contributed by atoms with E-state index in [-0.39, 0.29) is 12.1 Å². The Morgan fingerprint density at radius 3 is 2.72 bits per heavy atom. The van der Waals surface area contributed by atoms with Gasteiger partial charge in [0.1, 0.15) is 6.10 Å². The Bertz CT molecular complexity index is 442. The van der Waals surface area contributed by atoms with Crippen LogP contribution >= 0.6 is 0 Å². The van der Waals surface area contributed by atoms with Crippen molar-refractivity contribution in [1.82, 2.24) is 0 Å². The van der Waals surface area contributed by atoms with Gasteiger partial charge in [-0.1, -0.05) is 13.3 Å². The highest BCUT2D eigenvalue weighted by molar-refractivity contribution is 5.91. The molecular weight excluding hydrogens is 226 g/mol. The fraction of sp³-hybridized carbons (Fsp3) is 0.533. The molecule has 2 N–H and O–H groups in total. The van der Waals surface area contributed by atoms with E-state index in [0.29, 0.717) is 17.2 Å². The van der Waals surface area contributed by atoms with Crippen LogP contribution < -0.4 is 5.73 Å². The summed E-state index contributed by atoms with van der Waals surface area (Å²) >= 11 is 0. The number of nitrogen functional groups attached to an aromatic ring is 1. The quantitative estimate of drug-likeness (QED) is 0.644. The Hall–Kier alpha value is -1.51. The normalized spacial score (nSPS) is 23.7. The molecule has 2 atom stereocenters. The van der Waals surface area contributed by atoms with Crippen molar-refractivity contribution in [2.75, 3.05) is 5.73 Å². The molecule has 3 heteroatoms. The van der Waals surface area contributed by atoms with E-state index in [1.54, 1.807) is 18.2 Å². The number of carbonyl (C=O) groups is 1. The molecule has 0 spiro atoms. The summed E-state index contributed by atoms with van der Waals surface area (Å²) in [5, 5.41) is 0. The van der Waals surface area contributed by atoms with E-state index in [4.69, 9.17) is 10.5 Å². The van der Waals surface area contributed by atoms with E-state index in [2.05, 4.69) is 6.92 Å². The Kier molecular flexibility index (Phi) is 3.90. The van der Waals surface area contributed by atoms with Gasteiger partial charge in [0.05, 0.1) is 5.56 Å². The Balaban J connectivity index is 2.07. The molecule has 1 aromatic rings. The average Bonchev–Trinajstić information content (AvgIpc) is 2.32. The van der Waals surface area contributed by atoms with E-state index >= 15 is 0 Å². The van der Waals surface area contributed by atoms with E-state index < -0.39 is 0 Å². The summed E-state index contributed by atoms with van der Waals surface area (Å²) in [6.07, 6.45) is 4.61. The molecule has 18 heavy (non-hydrogen) atoms. The number of anilines is 1. The third-order valence-corrected chi connectivity index (χ3v) is 3.76. The molecule has 0 bridgehead atoms. The number of benzene rings is 1. The molecule has 0 amide bonds. The second-order valence-electron chi connectivity index (χ2n) is 5.28. The zero-order valence-electron chi connectivity index (χ0n) is 11.1. The van der Waals surface area contributed by atoms with Gasteiger partial charge in [0.25, 0.3) is 0 Å². The van der Waals surface area contributed by atoms with Gasteiger partial charge in [-0.25, -0.2) is 4.79 Å². The van der Waals surface area contributed by atoms with Crippen molar-refractivity contribution in [2.45, 2.75) is 45.6 Å². The zero-order valence-corrected chi connectivity index (χ0v) is 11.1. The van der Waals surface area contributed by atoms with Crippen molar-refractivity contribution >= 4 is 11.7 Å². The van der Waals surface area contributed by atoms with Gasteiger partial charge in [-0.2, -0.15) is 0 Å². The summed E-state index contributed by atoms with van der Waals surface area (Å²) in [5.74, 6) is 0.253. The van der Waals surface area contributed by atoms with Crippen LogP contribution in [-0.2, 0) is 4.74 Å². The van der Waals surface area contributed by atoms with E-state index in [0.717, 1.165) is 24.8 Å². The number of esters is 1. The van der Waals surface area contributed by atoms with Crippen molar-refractivity contribution in [3.05, 3.63) is 29.3 Å². The smallest absolute Gasteiger partial charge is 0.338 e. The summed E-state index contributed by atoms with van der Waals surface area (Å²) in [6, 6.07) is 5.30. The van der Waals surface area contributed by atoms with Crippen molar-refractivity contribution < 1.29 is 9.53 Å². The van der Waals surface area contributed by atoms with Crippen molar-refractivity contribution in [2.24, 2.45) is 5.92 Å². The van der Waals surface area contributed by atoms with Crippen molar-refractivity contribution in [3.63, 3.8) is 0 Å². The lowest BCUT2D eigenvalue weighted by Crippen LogP contribution is -2.28. The molecule has 1 saturated carbocycles. The van der Waals surface area contributed by atoms with Crippen molar-refractivity contribution in [1.29, 1.82) is 0 Å². The average molecular weight is 247 g/mol. The highest BCUT2D eigenvalue weighted by Gasteiger charge is 2.25. The summed E-state index contributed by atoms with van der Waals surface area (Å²) < 4.78 is 5.63. The lowest BCUT2D eigenvalue weighted by Gasteiger charge is -2.28. The first-order valence-electron chi connectivity index (χ1n) is 6.65. The first-order valence-corrected chi connectivity index (χ1v) is 6.65. The molecule has 0 aromatic heterocycles. The first kappa shape index (κ1) is 12.9. The van der Waals surface area contributed by atoms with Gasteiger partial charge in [0.2, 0.25) is 0 Å². The lowest BCUT2D eigenvalue weighted by molar-refractivity contribution is 0.00475. The maximum atomic E-state index is 12.1. The Morgan fingerprint density at radius 2 is 2.06 bits per heavy atom. The number of carbonyl (C=O) groups excluding carboxylic acids is 1. The van der Waals surface area contributed by atoms with Crippen LogP contribution in [0.4, 0.5) is 5.69 Å². The monoisotopic (exact) mass is 247 g/mol. The number of nitrogens with two attached hydrogens (primary N) is 1. The van der Waals surface area contributed by atoms with Gasteiger partial charge >= 0.3 is 5.97 Å². The van der Waals surface area contributed by atoms with Crippen LogP contribution in [0.1, 0.15) is 48.5 Å². The minimum absolute atomic E-state index is 0.0724. The molecule has 0 aliphatic heterocycles. The summed E-state index contributed by atoms with van der Waals surface area (Å²) in [4.78, 5) is 12.1. The molecule has 1 fully saturated rings. The SMILES string of the molecule is Cc1cc(N)ccc1C(=O)OC1CCCCC1C. The molecule has 2 unspecified atom stereocenters. The van der Waals surface area contributed by atoms with Gasteiger partial charge in [-0.15, -0.1) is 0 Å². The standard InChI is InChI=1S/C15H21NO2/c1-10-5-3-4-6-14(10)18-15(17)13-8-7-12(16)9-11(13)2/h7-10,14H,3-6,16H2,1-2H3. The van der Waals surface area contributed by atoms with Crippen LogP contribution in [0.3, 0.4) is 0 Å². The maximum absolute atomic E-state index is 12.1. The number of ether oxygens (including phenoxy) is 1. The fourth-order valence-electron chi connectivity index (χ4n) is 2.57. The molecule has 98 valence electrons. The molecule has 3 nitrogen and oxygen atoms in total. The van der Waals surface area contributed by atoms with Gasteiger partial charge < -0.3 is 10.5 Å². The molecule has 1 aliphatic rings. The predicted molar refractivity (Wildman–Crippen MR) is 72.4 cm³/mol. The van der Waals surface area contributed by atoms with Crippen LogP contribution in [0, 0.1) is 12.8 Å². The molecule has 0 saturated heterocycles. The third kappa shape index (κ3) is 2.84. The lowest BCUT2D eigenvalue weighted by atomic mass is 9.88. The van der Waals surface area contributed by atoms with Crippen LogP contribution in [0.2, 0.25) is 0 Å². The van der Waals surface area contributed by atoms with Crippen LogP contribution in [0.25, 0.3) is 0 Å². The molecule has 0 radical (unpaired) electrons. The summed E-state index contributed by atoms with van der Waals surface area (Å²) in [5.41, 5.74) is 7.86. The molecule has 0 heterocycles. The Morgan fingerprint density at radius 1 is 1.33 bits per heavy atom. The zero-order chi connectivity index (χ0) is 13.1. The minimum atomic E-state index is -0.216. The highest BCUT2D eigenvalue weighted by atomic mass is 16.5. The Labute approximate surface area is 108 Å². The minimum Gasteiger partial charge on any atom is -0.458 e. The third-order valence-electron chi connectivity index (χ3n) is 3.76. The van der Waals surface area contributed by atoms with E-state index in [9.17, 15) is 4.79 Å². The molecule has 1 aromatic carbocycles. The fourth-order valence-corrected chi connectivity index (χ4v) is 2.57. The molecule has 1 aliphatic carbocycles. The second kappa shape index (κ2) is 5.42.